The van der Waals surface area contributed by atoms with Crippen molar-refractivity contribution in [2.75, 3.05) is 20.1 Å². The first-order valence-electron chi connectivity index (χ1n) is 9.41. The van der Waals surface area contributed by atoms with Gasteiger partial charge in [-0.15, -0.1) is 12.4 Å². The Bertz CT molecular complexity index is 917. The summed E-state index contributed by atoms with van der Waals surface area (Å²) in [6.07, 6.45) is -9.51. The maximum atomic E-state index is 13.2. The number of nitrogens with one attached hydrogen (secondary N) is 1. The molecule has 1 aliphatic heterocycles. The fourth-order valence-electron chi connectivity index (χ4n) is 3.79. The van der Waals surface area contributed by atoms with Crippen LogP contribution in [0.1, 0.15) is 39.4 Å². The molecule has 0 bridgehead atoms. The maximum absolute atomic E-state index is 13.2. The van der Waals surface area contributed by atoms with Crippen molar-refractivity contribution in [1.82, 2.24) is 10.2 Å². The molecule has 3 nitrogen and oxygen atoms in total. The van der Waals surface area contributed by atoms with Gasteiger partial charge in [0.1, 0.15) is 0 Å². The van der Waals surface area contributed by atoms with Crippen LogP contribution in [0.4, 0.5) is 26.3 Å². The first kappa shape index (κ1) is 26.5. The van der Waals surface area contributed by atoms with Crippen LogP contribution in [0.3, 0.4) is 0 Å². The van der Waals surface area contributed by atoms with Gasteiger partial charge in [0, 0.05) is 35.6 Å². The third-order valence-corrected chi connectivity index (χ3v) is 5.92. The van der Waals surface area contributed by atoms with Gasteiger partial charge in [0.05, 0.1) is 11.1 Å². The molecule has 1 saturated heterocycles. The van der Waals surface area contributed by atoms with Crippen molar-refractivity contribution in [3.8, 4) is 0 Å². The third kappa shape index (κ3) is 5.96. The van der Waals surface area contributed by atoms with Crippen LogP contribution < -0.4 is 5.32 Å². The Hall–Kier alpha value is -1.78. The highest BCUT2D eigenvalue weighted by Gasteiger charge is 2.39. The predicted octanol–water partition coefficient (Wildman–Crippen LogP) is 6.13. The van der Waals surface area contributed by atoms with Crippen molar-refractivity contribution in [2.24, 2.45) is 0 Å². The van der Waals surface area contributed by atoms with E-state index in [4.69, 9.17) is 0 Å². The van der Waals surface area contributed by atoms with Crippen molar-refractivity contribution >= 4 is 34.2 Å². The van der Waals surface area contributed by atoms with Gasteiger partial charge < -0.3 is 10.2 Å². The quantitative estimate of drug-likeness (QED) is 0.471. The number of alkyl halides is 6. The summed E-state index contributed by atoms with van der Waals surface area (Å²) in [5, 5.41) is 3.22. The van der Waals surface area contributed by atoms with E-state index in [0.717, 1.165) is 10.0 Å². The van der Waals surface area contributed by atoms with Crippen LogP contribution in [0.15, 0.2) is 46.9 Å². The second kappa shape index (κ2) is 10.0. The van der Waals surface area contributed by atoms with Crippen LogP contribution in [-0.4, -0.2) is 37.0 Å². The Kier molecular flexibility index (Phi) is 8.28. The number of piperidine rings is 1. The maximum Gasteiger partial charge on any atom is 0.416 e. The van der Waals surface area contributed by atoms with E-state index in [9.17, 15) is 31.1 Å². The summed E-state index contributed by atoms with van der Waals surface area (Å²) >= 11 is 3.35. The van der Waals surface area contributed by atoms with Gasteiger partial charge in [-0.1, -0.05) is 28.1 Å². The first-order valence-corrected chi connectivity index (χ1v) is 10.2. The van der Waals surface area contributed by atoms with Gasteiger partial charge in [-0.2, -0.15) is 26.3 Å². The molecular weight excluding hydrogens is 526 g/mol. The summed E-state index contributed by atoms with van der Waals surface area (Å²) in [4.78, 5) is 14.2. The summed E-state index contributed by atoms with van der Waals surface area (Å²) in [7, 11) is 1.41. The molecule has 1 heterocycles. The molecule has 0 aliphatic carbocycles. The molecule has 176 valence electrons. The molecule has 0 aromatic heterocycles. The lowest BCUT2D eigenvalue weighted by molar-refractivity contribution is -0.143. The highest BCUT2D eigenvalue weighted by molar-refractivity contribution is 9.10. The summed E-state index contributed by atoms with van der Waals surface area (Å²) < 4.78 is 79.9. The summed E-state index contributed by atoms with van der Waals surface area (Å²) in [5.41, 5.74) is -2.74. The highest BCUT2D eigenvalue weighted by Crippen LogP contribution is 2.37. The number of likely N-dealkylation sites (N-methyl/N-ethyl adjacent to an activating group) is 1. The van der Waals surface area contributed by atoms with Gasteiger partial charge >= 0.3 is 12.4 Å². The van der Waals surface area contributed by atoms with Crippen LogP contribution in [0, 0.1) is 0 Å². The van der Waals surface area contributed by atoms with Gasteiger partial charge in [0.25, 0.3) is 5.91 Å². The summed E-state index contributed by atoms with van der Waals surface area (Å²) in [6, 6.07) is 8.01. The third-order valence-electron chi connectivity index (χ3n) is 5.40. The number of halogens is 8. The molecule has 2 aromatic rings. The second-order valence-electron chi connectivity index (χ2n) is 7.43. The van der Waals surface area contributed by atoms with Crippen molar-refractivity contribution in [2.45, 2.75) is 30.7 Å². The van der Waals surface area contributed by atoms with E-state index >= 15 is 0 Å². The van der Waals surface area contributed by atoms with Crippen LogP contribution in [-0.2, 0) is 12.4 Å². The molecule has 0 spiro atoms. The lowest BCUT2D eigenvalue weighted by atomic mass is 9.85. The lowest BCUT2D eigenvalue weighted by Crippen LogP contribution is -2.49. The van der Waals surface area contributed by atoms with Crippen LogP contribution in [0.5, 0.6) is 0 Å². The molecule has 0 unspecified atom stereocenters. The van der Waals surface area contributed by atoms with Crippen molar-refractivity contribution < 1.29 is 31.1 Å². The Morgan fingerprint density at radius 1 is 1.00 bits per heavy atom. The van der Waals surface area contributed by atoms with E-state index in [2.05, 4.69) is 21.2 Å². The normalized spacial score (nSPS) is 19.2. The van der Waals surface area contributed by atoms with Crippen LogP contribution >= 0.6 is 28.3 Å². The standard InChI is InChI=1S/C21H19BrF6N2O.ClH/c1-30(18-6-7-29-11-17(18)12-2-4-16(22)5-3-12)19(31)13-8-14(20(23,24)25)10-15(9-13)21(26,27)28;/h2-5,8-10,17-18,29H,6-7,11H2,1H3;1H/t17-,18+;/m0./s1. The van der Waals surface area contributed by atoms with Crippen molar-refractivity contribution in [3.63, 3.8) is 0 Å². The average Bonchev–Trinajstić information content (AvgIpc) is 2.71. The van der Waals surface area contributed by atoms with Crippen LogP contribution in [0.25, 0.3) is 0 Å². The molecule has 3 rings (SSSR count). The molecule has 0 saturated carbocycles. The predicted molar refractivity (Wildman–Crippen MR) is 114 cm³/mol. The number of benzene rings is 2. The van der Waals surface area contributed by atoms with E-state index < -0.39 is 35.0 Å². The largest absolute Gasteiger partial charge is 0.416 e. The molecule has 32 heavy (non-hydrogen) atoms. The van der Waals surface area contributed by atoms with Gasteiger partial charge in [-0.05, 0) is 48.9 Å². The minimum absolute atomic E-state index is 0. The number of hydrogen-bond acceptors (Lipinski definition) is 2. The smallest absolute Gasteiger partial charge is 0.338 e. The molecule has 1 fully saturated rings. The molecule has 1 amide bonds. The molecule has 1 N–H and O–H groups in total. The summed E-state index contributed by atoms with van der Waals surface area (Å²) in [5.74, 6) is -1.05. The monoisotopic (exact) mass is 544 g/mol. The fourth-order valence-corrected chi connectivity index (χ4v) is 4.06. The zero-order valence-electron chi connectivity index (χ0n) is 16.7. The second-order valence-corrected chi connectivity index (χ2v) is 8.34. The minimum atomic E-state index is -5.01. The van der Waals surface area contributed by atoms with Gasteiger partial charge in [0.2, 0.25) is 0 Å². The average molecular weight is 546 g/mol. The van der Waals surface area contributed by atoms with E-state index in [-0.39, 0.29) is 30.4 Å². The van der Waals surface area contributed by atoms with Gasteiger partial charge in [-0.3, -0.25) is 4.79 Å². The fraction of sp³-hybridized carbons (Fsp3) is 0.381. The molecule has 0 radical (unpaired) electrons. The van der Waals surface area contributed by atoms with Gasteiger partial charge in [0.15, 0.2) is 0 Å². The molecule has 11 heteroatoms. The minimum Gasteiger partial charge on any atom is -0.338 e. The Balaban J connectivity index is 0.00000363. The van der Waals surface area contributed by atoms with Crippen molar-refractivity contribution in [3.05, 3.63) is 69.2 Å². The first-order chi connectivity index (χ1) is 14.4. The topological polar surface area (TPSA) is 32.3 Å². The van der Waals surface area contributed by atoms with Crippen molar-refractivity contribution in [1.29, 1.82) is 0 Å². The molecule has 2 atom stereocenters. The molecular formula is C21H20BrClF6N2O. The SMILES string of the molecule is CN(C(=O)c1cc(C(F)(F)F)cc(C(F)(F)F)c1)[C@@H]1CCNC[C@H]1c1ccc(Br)cc1.Cl. The lowest BCUT2D eigenvalue weighted by Gasteiger charge is -2.39. The van der Waals surface area contributed by atoms with E-state index in [1.54, 1.807) is 0 Å². The highest BCUT2D eigenvalue weighted by atomic mass is 79.9. The zero-order chi connectivity index (χ0) is 23.0. The number of hydrogen-bond donors (Lipinski definition) is 1. The zero-order valence-corrected chi connectivity index (χ0v) is 19.1. The van der Waals surface area contributed by atoms with E-state index in [0.29, 0.717) is 31.6 Å². The van der Waals surface area contributed by atoms with Crippen LogP contribution in [0.2, 0.25) is 0 Å². The molecule has 2 aromatic carbocycles. The van der Waals surface area contributed by atoms with E-state index in [1.165, 1.54) is 11.9 Å². The Labute approximate surface area is 195 Å². The van der Waals surface area contributed by atoms with Gasteiger partial charge in [-0.25, -0.2) is 0 Å². The summed E-state index contributed by atoms with van der Waals surface area (Å²) in [6.45, 7) is 1.10. The Morgan fingerprint density at radius 3 is 2.03 bits per heavy atom. The number of amides is 1. The van der Waals surface area contributed by atoms with E-state index in [1.807, 2.05) is 24.3 Å². The Morgan fingerprint density at radius 2 is 1.53 bits per heavy atom. The number of nitrogens with zero attached hydrogens (tertiary/aromatic N) is 1. The molecule has 1 aliphatic rings. The number of carbonyl (C=O) groups excluding carboxylic acids is 1. The number of rotatable bonds is 3. The number of carbonyl (C=O) groups is 1.